The van der Waals surface area contributed by atoms with Crippen molar-refractivity contribution in [3.63, 3.8) is 0 Å². The first-order valence-corrected chi connectivity index (χ1v) is 4.02. The lowest BCUT2D eigenvalue weighted by Gasteiger charge is -1.91. The molecule has 4 heteroatoms. The number of benzene rings is 1. The molecule has 2 aromatic rings. The normalized spacial score (nSPS) is 10.6. The smallest absolute Gasteiger partial charge is 0.153 e. The first-order chi connectivity index (χ1) is 6.24. The number of hydrogen-bond acceptors (Lipinski definition) is 1. The molecule has 0 radical (unpaired) electrons. The second-order valence-corrected chi connectivity index (χ2v) is 3.01. The maximum absolute atomic E-state index is 13.2. The fourth-order valence-electron chi connectivity index (χ4n) is 1.31. The molecule has 0 unspecified atom stereocenters. The second kappa shape index (κ2) is 2.85. The lowest BCUT2D eigenvalue weighted by Crippen LogP contribution is -1.80. The van der Waals surface area contributed by atoms with Gasteiger partial charge in [-0.25, -0.2) is 4.39 Å². The largest absolute Gasteiger partial charge is 0.345 e. The van der Waals surface area contributed by atoms with Gasteiger partial charge in [-0.05, 0) is 12.1 Å². The van der Waals surface area contributed by atoms with Crippen LogP contribution in [0.1, 0.15) is 10.4 Å². The molecule has 2 rings (SSSR count). The van der Waals surface area contributed by atoms with E-state index in [0.717, 1.165) is 0 Å². The molecule has 0 amide bonds. The molecule has 0 fully saturated rings. The molecule has 0 bridgehead atoms. The summed E-state index contributed by atoms with van der Waals surface area (Å²) in [6.45, 7) is 0. The van der Waals surface area contributed by atoms with Crippen LogP contribution in [0.5, 0.6) is 0 Å². The molecule has 1 N–H and O–H groups in total. The van der Waals surface area contributed by atoms with Gasteiger partial charge in [0.25, 0.3) is 0 Å². The van der Waals surface area contributed by atoms with Gasteiger partial charge in [0.2, 0.25) is 0 Å². The van der Waals surface area contributed by atoms with E-state index in [2.05, 4.69) is 4.98 Å². The van der Waals surface area contributed by atoms with E-state index >= 15 is 0 Å². The molecule has 13 heavy (non-hydrogen) atoms. The van der Waals surface area contributed by atoms with E-state index in [1.165, 1.54) is 6.07 Å². The van der Waals surface area contributed by atoms with Gasteiger partial charge in [0.15, 0.2) is 6.29 Å². The summed E-state index contributed by atoms with van der Waals surface area (Å²) in [7, 11) is 0. The summed E-state index contributed by atoms with van der Waals surface area (Å²) in [5.41, 5.74) is 0.710. The monoisotopic (exact) mass is 197 g/mol. The van der Waals surface area contributed by atoms with Crippen LogP contribution in [0.15, 0.2) is 18.2 Å². The zero-order valence-electron chi connectivity index (χ0n) is 6.47. The summed E-state index contributed by atoms with van der Waals surface area (Å²) in [6, 6.07) is 4.51. The third-order valence-corrected chi connectivity index (χ3v) is 2.18. The molecule has 0 spiro atoms. The zero-order valence-corrected chi connectivity index (χ0v) is 7.23. The van der Waals surface area contributed by atoms with Crippen LogP contribution in [0.2, 0.25) is 5.15 Å². The maximum atomic E-state index is 13.2. The number of H-pyrrole nitrogens is 1. The van der Waals surface area contributed by atoms with E-state index < -0.39 is 5.82 Å². The van der Waals surface area contributed by atoms with Crippen molar-refractivity contribution in [3.8, 4) is 0 Å². The topological polar surface area (TPSA) is 32.9 Å². The number of halogens is 2. The number of aldehydes is 1. The van der Waals surface area contributed by atoms with E-state index in [4.69, 9.17) is 11.6 Å². The number of carbonyl (C=O) groups excluding carboxylic acids is 1. The summed E-state index contributed by atoms with van der Waals surface area (Å²) in [5, 5.41) is 0.428. The summed E-state index contributed by atoms with van der Waals surface area (Å²) in [6.07, 6.45) is 0.546. The third-order valence-electron chi connectivity index (χ3n) is 1.88. The Morgan fingerprint density at radius 3 is 2.92 bits per heavy atom. The number of hydrogen-bond donors (Lipinski definition) is 1. The average molecular weight is 198 g/mol. The van der Waals surface area contributed by atoms with E-state index in [1.54, 1.807) is 12.1 Å². The Hall–Kier alpha value is -1.35. The Kier molecular flexibility index (Phi) is 1.81. The average Bonchev–Trinajstić information content (AvgIpc) is 2.42. The van der Waals surface area contributed by atoms with Gasteiger partial charge in [-0.3, -0.25) is 4.79 Å². The van der Waals surface area contributed by atoms with Gasteiger partial charge in [0.05, 0.1) is 11.1 Å². The summed E-state index contributed by atoms with van der Waals surface area (Å²) in [4.78, 5) is 13.3. The fraction of sp³-hybridized carbons (Fsp3) is 0. The van der Waals surface area contributed by atoms with Crippen LogP contribution in [-0.2, 0) is 0 Å². The summed E-state index contributed by atoms with van der Waals surface area (Å²) < 4.78 is 13.2. The minimum atomic E-state index is -0.442. The van der Waals surface area contributed by atoms with Crippen LogP contribution in [0.25, 0.3) is 10.9 Å². The van der Waals surface area contributed by atoms with Crippen LogP contribution < -0.4 is 0 Å². The van der Waals surface area contributed by atoms with Crippen molar-refractivity contribution in [2.45, 2.75) is 0 Å². The zero-order chi connectivity index (χ0) is 9.42. The molecule has 0 saturated carbocycles. The van der Waals surface area contributed by atoms with E-state index in [1.807, 2.05) is 0 Å². The van der Waals surface area contributed by atoms with Gasteiger partial charge in [-0.15, -0.1) is 0 Å². The van der Waals surface area contributed by atoms with Crippen molar-refractivity contribution in [1.82, 2.24) is 4.98 Å². The Morgan fingerprint density at radius 2 is 2.23 bits per heavy atom. The van der Waals surface area contributed by atoms with E-state index in [9.17, 15) is 9.18 Å². The second-order valence-electron chi connectivity index (χ2n) is 2.63. The summed E-state index contributed by atoms with van der Waals surface area (Å²) in [5.74, 6) is -0.442. The van der Waals surface area contributed by atoms with Crippen LogP contribution in [0.3, 0.4) is 0 Å². The molecule has 0 atom stereocenters. The Balaban J connectivity index is 2.96. The van der Waals surface area contributed by atoms with Gasteiger partial charge in [0, 0.05) is 5.39 Å². The Labute approximate surface area is 78.3 Å². The molecule has 1 aromatic heterocycles. The molecular weight excluding hydrogens is 193 g/mol. The number of nitrogens with one attached hydrogen (secondary N) is 1. The van der Waals surface area contributed by atoms with Crippen LogP contribution in [0.4, 0.5) is 4.39 Å². The van der Waals surface area contributed by atoms with Crippen molar-refractivity contribution in [2.24, 2.45) is 0 Å². The number of rotatable bonds is 1. The van der Waals surface area contributed by atoms with Crippen LogP contribution in [0, 0.1) is 5.82 Å². The van der Waals surface area contributed by atoms with Crippen molar-refractivity contribution < 1.29 is 9.18 Å². The standard InChI is InChI=1S/C9H5ClFNO/c10-9-5(4-13)8-6(11)2-1-3-7(8)12-9/h1-4,12H. The van der Waals surface area contributed by atoms with E-state index in [0.29, 0.717) is 11.8 Å². The molecule has 1 heterocycles. The molecule has 0 aliphatic heterocycles. The number of aromatic amines is 1. The predicted molar refractivity (Wildman–Crippen MR) is 48.7 cm³/mol. The Bertz CT molecular complexity index is 478. The maximum Gasteiger partial charge on any atom is 0.153 e. The van der Waals surface area contributed by atoms with Crippen molar-refractivity contribution >= 4 is 28.8 Å². The third kappa shape index (κ3) is 1.12. The predicted octanol–water partition coefficient (Wildman–Crippen LogP) is 2.77. The first-order valence-electron chi connectivity index (χ1n) is 3.65. The molecule has 66 valence electrons. The lowest BCUT2D eigenvalue weighted by atomic mass is 10.2. The van der Waals surface area contributed by atoms with Crippen molar-refractivity contribution in [3.05, 3.63) is 34.7 Å². The van der Waals surface area contributed by atoms with Crippen molar-refractivity contribution in [1.29, 1.82) is 0 Å². The van der Waals surface area contributed by atoms with Gasteiger partial charge in [0.1, 0.15) is 11.0 Å². The number of aromatic nitrogens is 1. The highest BCUT2D eigenvalue weighted by molar-refractivity contribution is 6.34. The van der Waals surface area contributed by atoms with Crippen molar-refractivity contribution in [2.75, 3.05) is 0 Å². The minimum Gasteiger partial charge on any atom is -0.345 e. The fourth-order valence-corrected chi connectivity index (χ4v) is 1.55. The first kappa shape index (κ1) is 8.26. The van der Waals surface area contributed by atoms with Crippen LogP contribution >= 0.6 is 11.6 Å². The van der Waals surface area contributed by atoms with Gasteiger partial charge in [-0.2, -0.15) is 0 Å². The highest BCUT2D eigenvalue weighted by Gasteiger charge is 2.11. The van der Waals surface area contributed by atoms with Gasteiger partial charge >= 0.3 is 0 Å². The van der Waals surface area contributed by atoms with Gasteiger partial charge in [-0.1, -0.05) is 17.7 Å². The molecule has 2 nitrogen and oxygen atoms in total. The lowest BCUT2D eigenvalue weighted by molar-refractivity contribution is 0.112. The number of fused-ring (bicyclic) bond motifs is 1. The number of carbonyl (C=O) groups is 1. The molecule has 0 aliphatic carbocycles. The summed E-state index contributed by atoms with van der Waals surface area (Å²) >= 11 is 5.69. The molecular formula is C9H5ClFNO. The highest BCUT2D eigenvalue weighted by atomic mass is 35.5. The Morgan fingerprint density at radius 1 is 1.46 bits per heavy atom. The molecule has 0 saturated heterocycles. The SMILES string of the molecule is O=Cc1c(Cl)[nH]c2cccc(F)c12. The van der Waals surface area contributed by atoms with Gasteiger partial charge < -0.3 is 4.98 Å². The van der Waals surface area contributed by atoms with E-state index in [-0.39, 0.29) is 16.1 Å². The quantitative estimate of drug-likeness (QED) is 0.701. The minimum absolute atomic E-state index is 0.176. The molecule has 0 aliphatic rings. The van der Waals surface area contributed by atoms with Crippen LogP contribution in [-0.4, -0.2) is 11.3 Å². The molecule has 1 aromatic carbocycles. The highest BCUT2D eigenvalue weighted by Crippen LogP contribution is 2.26.